The Morgan fingerprint density at radius 1 is 1.50 bits per heavy atom. The summed E-state index contributed by atoms with van der Waals surface area (Å²) in [5, 5.41) is 12.0. The van der Waals surface area contributed by atoms with Crippen LogP contribution in [0.1, 0.15) is 24.2 Å². The Balaban J connectivity index is 2.48. The van der Waals surface area contributed by atoms with Crippen LogP contribution in [0.4, 0.5) is 0 Å². The highest BCUT2D eigenvalue weighted by Gasteiger charge is 2.20. The second-order valence-corrected chi connectivity index (χ2v) is 5.15. The average molecular weight is 330 g/mol. The molecule has 4 nitrogen and oxygen atoms in total. The molecule has 0 aliphatic carbocycles. The van der Waals surface area contributed by atoms with Crippen molar-refractivity contribution in [3.8, 4) is 0 Å². The lowest BCUT2D eigenvalue weighted by Crippen LogP contribution is -2.24. The zero-order chi connectivity index (χ0) is 13.1. The van der Waals surface area contributed by atoms with Crippen LogP contribution >= 0.6 is 27.5 Å². The first-order valence-electron chi connectivity index (χ1n) is 5.67. The molecule has 0 saturated heterocycles. The minimum Gasteiger partial charge on any atom is -0.305 e. The Morgan fingerprint density at radius 3 is 2.89 bits per heavy atom. The zero-order valence-corrected chi connectivity index (χ0v) is 12.5. The van der Waals surface area contributed by atoms with Gasteiger partial charge in [-0.25, -0.2) is 0 Å². The van der Waals surface area contributed by atoms with Crippen molar-refractivity contribution in [3.63, 3.8) is 0 Å². The Bertz CT molecular complexity index is 541. The van der Waals surface area contributed by atoms with Crippen LogP contribution in [0.2, 0.25) is 5.02 Å². The molecule has 1 aromatic carbocycles. The van der Waals surface area contributed by atoms with Crippen molar-refractivity contribution in [1.82, 2.24) is 20.3 Å². The van der Waals surface area contributed by atoms with Gasteiger partial charge in [-0.2, -0.15) is 0 Å². The van der Waals surface area contributed by atoms with Gasteiger partial charge in [-0.1, -0.05) is 35.9 Å². The Kier molecular flexibility index (Phi) is 4.37. The van der Waals surface area contributed by atoms with E-state index >= 15 is 0 Å². The van der Waals surface area contributed by atoms with Gasteiger partial charge in [0.1, 0.15) is 0 Å². The van der Waals surface area contributed by atoms with Gasteiger partial charge in [0.15, 0.2) is 0 Å². The predicted molar refractivity (Wildman–Crippen MR) is 75.7 cm³/mol. The maximum Gasteiger partial charge on any atom is 0.0799 e. The van der Waals surface area contributed by atoms with E-state index in [-0.39, 0.29) is 6.04 Å². The number of aryl methyl sites for hydroxylation is 1. The first kappa shape index (κ1) is 13.5. The van der Waals surface area contributed by atoms with Gasteiger partial charge in [-0.15, -0.1) is 5.10 Å². The lowest BCUT2D eigenvalue weighted by Gasteiger charge is -2.19. The fourth-order valence-corrected chi connectivity index (χ4v) is 2.50. The Labute approximate surface area is 119 Å². The van der Waals surface area contributed by atoms with Crippen LogP contribution in [0.3, 0.4) is 0 Å². The Hall–Kier alpha value is -0.910. The second-order valence-electron chi connectivity index (χ2n) is 3.92. The van der Waals surface area contributed by atoms with Gasteiger partial charge >= 0.3 is 0 Å². The molecular weight excluding hydrogens is 316 g/mol. The molecule has 0 saturated carbocycles. The number of aromatic nitrogens is 3. The summed E-state index contributed by atoms with van der Waals surface area (Å²) in [5.74, 6) is 0. The summed E-state index contributed by atoms with van der Waals surface area (Å²) in [6, 6.07) is 5.89. The summed E-state index contributed by atoms with van der Waals surface area (Å²) < 4.78 is 2.64. The molecule has 96 valence electrons. The van der Waals surface area contributed by atoms with Crippen LogP contribution in [0.15, 0.2) is 28.9 Å². The molecule has 2 aromatic rings. The molecule has 0 fully saturated rings. The topological polar surface area (TPSA) is 42.7 Å². The molecule has 1 aromatic heterocycles. The van der Waals surface area contributed by atoms with E-state index in [9.17, 15) is 0 Å². The first-order chi connectivity index (χ1) is 8.65. The van der Waals surface area contributed by atoms with Crippen molar-refractivity contribution >= 4 is 27.5 Å². The van der Waals surface area contributed by atoms with Crippen molar-refractivity contribution < 1.29 is 0 Å². The minimum absolute atomic E-state index is 0.0139. The van der Waals surface area contributed by atoms with Gasteiger partial charge in [-0.3, -0.25) is 4.68 Å². The third kappa shape index (κ3) is 2.58. The maximum atomic E-state index is 6.36. The Morgan fingerprint density at radius 2 is 2.28 bits per heavy atom. The summed E-state index contributed by atoms with van der Waals surface area (Å²) in [7, 11) is 1.87. The van der Waals surface area contributed by atoms with Crippen LogP contribution < -0.4 is 5.32 Å². The molecule has 0 aliphatic rings. The summed E-state index contributed by atoms with van der Waals surface area (Å²) >= 11 is 9.81. The minimum atomic E-state index is -0.0139. The van der Waals surface area contributed by atoms with Crippen LogP contribution in [0.5, 0.6) is 0 Å². The molecule has 6 heteroatoms. The number of nitrogens with one attached hydrogen (secondary N) is 1. The largest absolute Gasteiger partial charge is 0.305 e. The zero-order valence-electron chi connectivity index (χ0n) is 10.2. The van der Waals surface area contributed by atoms with Crippen LogP contribution in [-0.2, 0) is 7.05 Å². The number of hydrogen-bond acceptors (Lipinski definition) is 3. The predicted octanol–water partition coefficient (Wildman–Crippen LogP) is 2.93. The van der Waals surface area contributed by atoms with Crippen molar-refractivity contribution in [3.05, 3.63) is 45.1 Å². The molecule has 0 amide bonds. The van der Waals surface area contributed by atoms with Gasteiger partial charge in [0.05, 0.1) is 23.0 Å². The molecular formula is C12H14BrClN4. The molecule has 0 bridgehead atoms. The quantitative estimate of drug-likeness (QED) is 0.938. The van der Waals surface area contributed by atoms with Crippen molar-refractivity contribution in [2.75, 3.05) is 6.54 Å². The molecule has 1 unspecified atom stereocenters. The molecule has 2 rings (SSSR count). The van der Waals surface area contributed by atoms with Crippen molar-refractivity contribution in [2.24, 2.45) is 7.05 Å². The highest BCUT2D eigenvalue weighted by atomic mass is 79.9. The molecule has 1 heterocycles. The second kappa shape index (κ2) is 5.82. The first-order valence-corrected chi connectivity index (χ1v) is 6.84. The number of rotatable bonds is 4. The van der Waals surface area contributed by atoms with Gasteiger partial charge < -0.3 is 5.32 Å². The molecule has 1 atom stereocenters. The lowest BCUT2D eigenvalue weighted by molar-refractivity contribution is 0.568. The smallest absolute Gasteiger partial charge is 0.0799 e. The lowest BCUT2D eigenvalue weighted by atomic mass is 10.0. The summed E-state index contributed by atoms with van der Waals surface area (Å²) in [4.78, 5) is 0. The SMILES string of the molecule is CCNC(c1cccc(Br)c1Cl)c1cnnn1C. The van der Waals surface area contributed by atoms with Crippen molar-refractivity contribution in [1.29, 1.82) is 0 Å². The average Bonchev–Trinajstić information content (AvgIpc) is 2.76. The highest BCUT2D eigenvalue weighted by Crippen LogP contribution is 2.32. The fourth-order valence-electron chi connectivity index (χ4n) is 1.88. The van der Waals surface area contributed by atoms with Crippen LogP contribution in [0, 0.1) is 0 Å². The third-order valence-corrected chi connectivity index (χ3v) is 4.06. The van der Waals surface area contributed by atoms with E-state index in [2.05, 4.69) is 38.5 Å². The number of nitrogens with zero attached hydrogens (tertiary/aromatic N) is 3. The van der Waals surface area contributed by atoms with E-state index in [1.54, 1.807) is 10.9 Å². The summed E-state index contributed by atoms with van der Waals surface area (Å²) in [6.07, 6.45) is 1.75. The summed E-state index contributed by atoms with van der Waals surface area (Å²) in [5.41, 5.74) is 2.00. The van der Waals surface area contributed by atoms with E-state index in [1.807, 2.05) is 25.2 Å². The number of halogens is 2. The van der Waals surface area contributed by atoms with Gasteiger partial charge in [0, 0.05) is 11.5 Å². The molecule has 1 N–H and O–H groups in total. The fraction of sp³-hybridized carbons (Fsp3) is 0.333. The third-order valence-electron chi connectivity index (χ3n) is 2.75. The van der Waals surface area contributed by atoms with E-state index in [1.165, 1.54) is 0 Å². The number of hydrogen-bond donors (Lipinski definition) is 1. The van der Waals surface area contributed by atoms with E-state index < -0.39 is 0 Å². The van der Waals surface area contributed by atoms with Crippen LogP contribution in [-0.4, -0.2) is 21.5 Å². The van der Waals surface area contributed by atoms with E-state index in [4.69, 9.17) is 11.6 Å². The van der Waals surface area contributed by atoms with E-state index in [0.717, 1.165) is 22.3 Å². The molecule has 0 radical (unpaired) electrons. The maximum absolute atomic E-state index is 6.36. The molecule has 18 heavy (non-hydrogen) atoms. The van der Waals surface area contributed by atoms with E-state index in [0.29, 0.717) is 5.02 Å². The van der Waals surface area contributed by atoms with Crippen molar-refractivity contribution in [2.45, 2.75) is 13.0 Å². The van der Waals surface area contributed by atoms with Gasteiger partial charge in [-0.05, 0) is 34.1 Å². The monoisotopic (exact) mass is 328 g/mol. The highest BCUT2D eigenvalue weighted by molar-refractivity contribution is 9.10. The normalized spacial score (nSPS) is 12.7. The van der Waals surface area contributed by atoms with Crippen LogP contribution in [0.25, 0.3) is 0 Å². The molecule has 0 spiro atoms. The standard InChI is InChI=1S/C12H14BrClN4/c1-3-15-12(10-7-16-17-18(10)2)8-5-4-6-9(13)11(8)14/h4-7,12,15H,3H2,1-2H3. The number of benzene rings is 1. The molecule has 0 aliphatic heterocycles. The summed E-state index contributed by atoms with van der Waals surface area (Å²) in [6.45, 7) is 2.89. The van der Waals surface area contributed by atoms with Gasteiger partial charge in [0.25, 0.3) is 0 Å². The van der Waals surface area contributed by atoms with Gasteiger partial charge in [0.2, 0.25) is 0 Å².